The highest BCUT2D eigenvalue weighted by Gasteiger charge is 2.60. The molecule has 1 N–H and O–H groups in total. The molecule has 0 saturated heterocycles. The molecule has 5 nitrogen and oxygen atoms in total. The number of rotatable bonds is 9. The minimum atomic E-state index is -4.96. The van der Waals surface area contributed by atoms with Crippen LogP contribution < -0.4 is 10.1 Å². The summed E-state index contributed by atoms with van der Waals surface area (Å²) in [6.07, 6.45) is -10.2. The van der Waals surface area contributed by atoms with Gasteiger partial charge in [-0.2, -0.15) is 26.3 Å². The SMILES string of the molecule is Cc1ccc(C2=C(C(=O)OC(C)(C)C)C(=O)N[C@@](c3ccc(OCCCCCC(F)(F)F)cc3)(C(F)(F)F)C2)cc1. The summed E-state index contributed by atoms with van der Waals surface area (Å²) in [5.41, 5.74) is -3.59. The minimum absolute atomic E-state index is 0.0400. The van der Waals surface area contributed by atoms with Crippen LogP contribution >= 0.6 is 0 Å². The lowest BCUT2D eigenvalue weighted by molar-refractivity contribution is -0.202. The summed E-state index contributed by atoms with van der Waals surface area (Å²) in [4.78, 5) is 26.3. The molecule has 1 aliphatic rings. The van der Waals surface area contributed by atoms with Crippen LogP contribution in [0.25, 0.3) is 5.57 Å². The van der Waals surface area contributed by atoms with Crippen LogP contribution in [0.3, 0.4) is 0 Å². The lowest BCUT2D eigenvalue weighted by Crippen LogP contribution is -2.59. The Bertz CT molecular complexity index is 1260. The van der Waals surface area contributed by atoms with E-state index in [0.29, 0.717) is 6.42 Å². The summed E-state index contributed by atoms with van der Waals surface area (Å²) in [6, 6.07) is 11.4. The molecule has 0 spiro atoms. The maximum atomic E-state index is 14.8. The van der Waals surface area contributed by atoms with E-state index in [1.54, 1.807) is 52.0 Å². The zero-order valence-electron chi connectivity index (χ0n) is 23.3. The van der Waals surface area contributed by atoms with Gasteiger partial charge < -0.3 is 14.8 Å². The first-order valence-corrected chi connectivity index (χ1v) is 13.1. The van der Waals surface area contributed by atoms with Crippen LogP contribution in [0.1, 0.15) is 69.6 Å². The number of benzene rings is 2. The van der Waals surface area contributed by atoms with Gasteiger partial charge >= 0.3 is 18.3 Å². The lowest BCUT2D eigenvalue weighted by Gasteiger charge is -2.41. The van der Waals surface area contributed by atoms with E-state index in [1.807, 2.05) is 0 Å². The number of hydrogen-bond acceptors (Lipinski definition) is 4. The van der Waals surface area contributed by atoms with E-state index in [2.05, 4.69) is 5.32 Å². The van der Waals surface area contributed by atoms with Crippen molar-refractivity contribution in [1.82, 2.24) is 5.32 Å². The van der Waals surface area contributed by atoms with Gasteiger partial charge in [0, 0.05) is 12.8 Å². The number of nitrogens with one attached hydrogen (secondary N) is 1. The number of alkyl halides is 6. The quantitative estimate of drug-likeness (QED) is 0.143. The normalized spacial score (nSPS) is 18.2. The van der Waals surface area contributed by atoms with Gasteiger partial charge in [-0.1, -0.05) is 42.0 Å². The predicted molar refractivity (Wildman–Crippen MR) is 141 cm³/mol. The van der Waals surface area contributed by atoms with E-state index in [4.69, 9.17) is 9.47 Å². The fraction of sp³-hybridized carbons (Fsp3) is 0.467. The van der Waals surface area contributed by atoms with Crippen molar-refractivity contribution in [3.8, 4) is 5.75 Å². The Hall–Kier alpha value is -3.50. The maximum Gasteiger partial charge on any atom is 0.416 e. The number of amides is 1. The van der Waals surface area contributed by atoms with Gasteiger partial charge in [-0.25, -0.2) is 4.79 Å². The highest BCUT2D eigenvalue weighted by atomic mass is 19.4. The molecule has 0 fully saturated rings. The first kappa shape index (κ1) is 32.0. The summed E-state index contributed by atoms with van der Waals surface area (Å²) in [6.45, 7) is 6.66. The number of halogens is 6. The predicted octanol–water partition coefficient (Wildman–Crippen LogP) is 7.57. The zero-order chi connectivity index (χ0) is 30.6. The van der Waals surface area contributed by atoms with Crippen molar-refractivity contribution in [1.29, 1.82) is 0 Å². The van der Waals surface area contributed by atoms with Gasteiger partial charge in [-0.05, 0) is 75.8 Å². The van der Waals surface area contributed by atoms with Gasteiger partial charge in [-0.3, -0.25) is 4.79 Å². The zero-order valence-corrected chi connectivity index (χ0v) is 23.3. The molecule has 1 heterocycles. The molecular formula is C30H33F6NO4. The van der Waals surface area contributed by atoms with Crippen LogP contribution in [0.2, 0.25) is 0 Å². The molecule has 41 heavy (non-hydrogen) atoms. The molecule has 1 atom stereocenters. The second kappa shape index (κ2) is 12.2. The van der Waals surface area contributed by atoms with Gasteiger partial charge in [0.05, 0.1) is 6.61 Å². The van der Waals surface area contributed by atoms with Gasteiger partial charge in [0.15, 0.2) is 5.54 Å². The van der Waals surface area contributed by atoms with Crippen molar-refractivity contribution < 1.29 is 45.4 Å². The summed E-state index contributed by atoms with van der Waals surface area (Å²) < 4.78 is 92.2. The Morgan fingerprint density at radius 3 is 2.05 bits per heavy atom. The minimum Gasteiger partial charge on any atom is -0.494 e. The van der Waals surface area contributed by atoms with Crippen molar-refractivity contribution in [3.05, 3.63) is 70.8 Å². The van der Waals surface area contributed by atoms with Crippen LogP contribution in [0.15, 0.2) is 54.1 Å². The van der Waals surface area contributed by atoms with E-state index < -0.39 is 53.8 Å². The third-order valence-electron chi connectivity index (χ3n) is 6.51. The second-order valence-electron chi connectivity index (χ2n) is 11.1. The Labute approximate surface area is 234 Å². The van der Waals surface area contributed by atoms with Crippen molar-refractivity contribution in [2.75, 3.05) is 6.61 Å². The van der Waals surface area contributed by atoms with Crippen molar-refractivity contribution >= 4 is 17.4 Å². The molecule has 0 bridgehead atoms. The summed E-state index contributed by atoms with van der Waals surface area (Å²) in [7, 11) is 0. The number of carbonyl (C=O) groups is 2. The highest BCUT2D eigenvalue weighted by Crippen LogP contribution is 2.49. The largest absolute Gasteiger partial charge is 0.494 e. The second-order valence-corrected chi connectivity index (χ2v) is 11.1. The first-order valence-electron chi connectivity index (χ1n) is 13.1. The van der Waals surface area contributed by atoms with Crippen LogP contribution in [-0.4, -0.2) is 36.4 Å². The number of unbranched alkanes of at least 4 members (excludes halogenated alkanes) is 2. The Kier molecular flexibility index (Phi) is 9.50. The van der Waals surface area contributed by atoms with E-state index in [-0.39, 0.29) is 41.9 Å². The summed E-state index contributed by atoms with van der Waals surface area (Å²) >= 11 is 0. The van der Waals surface area contributed by atoms with Gasteiger partial charge in [0.2, 0.25) is 0 Å². The standard InChI is InChI=1S/C30H33F6NO4/c1-19-8-10-20(11-9-19)23-18-28(30(34,35)36,37-25(38)24(23)26(39)41-27(2,3)4)21-12-14-22(15-13-21)40-17-7-5-6-16-29(31,32)33/h8-15H,5-7,16-18H2,1-4H3,(H,37,38)/t28-/m0/s1. The van der Waals surface area contributed by atoms with E-state index in [0.717, 1.165) is 5.56 Å². The smallest absolute Gasteiger partial charge is 0.416 e. The van der Waals surface area contributed by atoms with Crippen LogP contribution in [0.5, 0.6) is 5.75 Å². The van der Waals surface area contributed by atoms with Crippen molar-refractivity contribution in [2.24, 2.45) is 0 Å². The monoisotopic (exact) mass is 585 g/mol. The molecule has 0 unspecified atom stereocenters. The lowest BCUT2D eigenvalue weighted by atomic mass is 9.76. The summed E-state index contributed by atoms with van der Waals surface area (Å²) in [5.74, 6) is -2.01. The fourth-order valence-corrected chi connectivity index (χ4v) is 4.48. The molecule has 0 saturated carbocycles. The van der Waals surface area contributed by atoms with Gasteiger partial charge in [-0.15, -0.1) is 0 Å². The molecule has 0 aliphatic carbocycles. The van der Waals surface area contributed by atoms with E-state index in [9.17, 15) is 35.9 Å². The number of ether oxygens (including phenoxy) is 2. The molecule has 2 aromatic carbocycles. The highest BCUT2D eigenvalue weighted by molar-refractivity contribution is 6.23. The van der Waals surface area contributed by atoms with Gasteiger partial charge in [0.25, 0.3) is 5.91 Å². The third-order valence-corrected chi connectivity index (χ3v) is 6.51. The molecule has 0 radical (unpaired) electrons. The molecule has 11 heteroatoms. The number of carbonyl (C=O) groups excluding carboxylic acids is 2. The fourth-order valence-electron chi connectivity index (χ4n) is 4.48. The topological polar surface area (TPSA) is 64.6 Å². The molecule has 224 valence electrons. The Morgan fingerprint density at radius 1 is 0.902 bits per heavy atom. The first-order chi connectivity index (χ1) is 18.9. The molecule has 3 rings (SSSR count). The van der Waals surface area contributed by atoms with Crippen LogP contribution in [-0.2, 0) is 19.9 Å². The third kappa shape index (κ3) is 8.27. The molecular weight excluding hydrogens is 552 g/mol. The van der Waals surface area contributed by atoms with E-state index in [1.165, 1.54) is 24.3 Å². The molecule has 2 aromatic rings. The Balaban J connectivity index is 1.92. The van der Waals surface area contributed by atoms with Gasteiger partial charge in [0.1, 0.15) is 16.9 Å². The van der Waals surface area contributed by atoms with Crippen LogP contribution in [0, 0.1) is 6.92 Å². The molecule has 1 aliphatic heterocycles. The molecule has 1 amide bonds. The van der Waals surface area contributed by atoms with E-state index >= 15 is 0 Å². The molecule has 0 aromatic heterocycles. The number of esters is 1. The summed E-state index contributed by atoms with van der Waals surface area (Å²) in [5, 5.41) is 2.06. The number of aryl methyl sites for hydroxylation is 1. The Morgan fingerprint density at radius 2 is 1.51 bits per heavy atom. The average Bonchev–Trinajstić information content (AvgIpc) is 2.84. The van der Waals surface area contributed by atoms with Crippen LogP contribution in [0.4, 0.5) is 26.3 Å². The average molecular weight is 586 g/mol. The number of hydrogen-bond donors (Lipinski definition) is 1. The maximum absolute atomic E-state index is 14.8. The van der Waals surface area contributed by atoms with Crippen molar-refractivity contribution in [3.63, 3.8) is 0 Å². The van der Waals surface area contributed by atoms with Crippen molar-refractivity contribution in [2.45, 2.75) is 83.3 Å².